The molecule has 6 heteroatoms. The average molecular weight is 291 g/mol. The third-order valence-electron chi connectivity index (χ3n) is 1.77. The molecular weight excluding hydrogens is 276 g/mol. The Morgan fingerprint density at radius 1 is 1.56 bits per heavy atom. The molecule has 0 spiro atoms. The van der Waals surface area contributed by atoms with E-state index >= 15 is 0 Å². The van der Waals surface area contributed by atoms with E-state index in [0.717, 1.165) is 6.42 Å². The molecule has 0 unspecified atom stereocenters. The van der Waals surface area contributed by atoms with Gasteiger partial charge in [-0.05, 0) is 35.3 Å². The Labute approximate surface area is 103 Å². The molecule has 2 amide bonds. The van der Waals surface area contributed by atoms with Gasteiger partial charge in [-0.15, -0.1) is 0 Å². The Morgan fingerprint density at radius 2 is 2.38 bits per heavy atom. The van der Waals surface area contributed by atoms with Gasteiger partial charge in [-0.25, -0.2) is 4.79 Å². The summed E-state index contributed by atoms with van der Waals surface area (Å²) in [6, 6.07) is 3.10. The van der Waals surface area contributed by atoms with Gasteiger partial charge in [0.2, 0.25) is 5.88 Å². The number of carbonyl (C=O) groups excluding carboxylic acids is 1. The topological polar surface area (TPSA) is 63.5 Å². The number of halogens is 1. The van der Waals surface area contributed by atoms with E-state index in [1.807, 2.05) is 6.92 Å². The second kappa shape index (κ2) is 7.29. The summed E-state index contributed by atoms with van der Waals surface area (Å²) in [7, 11) is 0. The largest absolute Gasteiger partial charge is 0.434 e. The smallest absolute Gasteiger partial charge is 0.321 e. The SMILES string of the molecule is CCOCCCNC(=O)Nc1ccc(Br)o1. The van der Waals surface area contributed by atoms with Crippen molar-refractivity contribution in [3.8, 4) is 0 Å². The Morgan fingerprint density at radius 3 is 3.00 bits per heavy atom. The highest BCUT2D eigenvalue weighted by molar-refractivity contribution is 9.10. The molecule has 0 aromatic carbocycles. The summed E-state index contributed by atoms with van der Waals surface area (Å²) < 4.78 is 10.8. The normalized spacial score (nSPS) is 10.1. The van der Waals surface area contributed by atoms with Gasteiger partial charge in [-0.2, -0.15) is 0 Å². The third-order valence-corrected chi connectivity index (χ3v) is 2.19. The van der Waals surface area contributed by atoms with Gasteiger partial charge in [-0.3, -0.25) is 5.32 Å². The summed E-state index contributed by atoms with van der Waals surface area (Å²) in [6.07, 6.45) is 0.795. The van der Waals surface area contributed by atoms with Gasteiger partial charge in [0.25, 0.3) is 0 Å². The van der Waals surface area contributed by atoms with Crippen LogP contribution in [0.2, 0.25) is 0 Å². The first-order valence-electron chi connectivity index (χ1n) is 5.10. The molecule has 1 aromatic rings. The first kappa shape index (κ1) is 13.1. The number of carbonyl (C=O) groups is 1. The predicted molar refractivity (Wildman–Crippen MR) is 64.5 cm³/mol. The molecule has 0 fully saturated rings. The maximum Gasteiger partial charge on any atom is 0.321 e. The lowest BCUT2D eigenvalue weighted by atomic mass is 10.4. The first-order chi connectivity index (χ1) is 7.72. The van der Waals surface area contributed by atoms with Crippen molar-refractivity contribution in [1.29, 1.82) is 0 Å². The number of rotatable bonds is 6. The number of nitrogens with one attached hydrogen (secondary N) is 2. The van der Waals surface area contributed by atoms with Gasteiger partial charge >= 0.3 is 6.03 Å². The number of urea groups is 1. The minimum Gasteiger partial charge on any atom is -0.434 e. The molecule has 0 atom stereocenters. The van der Waals surface area contributed by atoms with E-state index < -0.39 is 0 Å². The molecule has 2 N–H and O–H groups in total. The van der Waals surface area contributed by atoms with E-state index in [4.69, 9.17) is 9.15 Å². The highest BCUT2D eigenvalue weighted by atomic mass is 79.9. The van der Waals surface area contributed by atoms with E-state index in [0.29, 0.717) is 30.3 Å². The quantitative estimate of drug-likeness (QED) is 0.792. The lowest BCUT2D eigenvalue weighted by Gasteiger charge is -2.05. The molecular formula is C10H15BrN2O3. The van der Waals surface area contributed by atoms with Crippen molar-refractivity contribution in [2.75, 3.05) is 25.1 Å². The summed E-state index contributed by atoms with van der Waals surface area (Å²) in [5.41, 5.74) is 0. The highest BCUT2D eigenvalue weighted by Crippen LogP contribution is 2.17. The molecule has 0 aliphatic carbocycles. The van der Waals surface area contributed by atoms with Crippen molar-refractivity contribution in [2.45, 2.75) is 13.3 Å². The zero-order valence-corrected chi connectivity index (χ0v) is 10.7. The van der Waals surface area contributed by atoms with Crippen molar-refractivity contribution >= 4 is 27.8 Å². The monoisotopic (exact) mass is 290 g/mol. The Bertz CT molecular complexity index is 328. The summed E-state index contributed by atoms with van der Waals surface area (Å²) in [5, 5.41) is 5.26. The Balaban J connectivity index is 2.11. The van der Waals surface area contributed by atoms with Crippen molar-refractivity contribution < 1.29 is 13.9 Å². The minimum atomic E-state index is -0.279. The van der Waals surface area contributed by atoms with Crippen molar-refractivity contribution in [2.24, 2.45) is 0 Å². The summed E-state index contributed by atoms with van der Waals surface area (Å²) >= 11 is 3.15. The fourth-order valence-electron chi connectivity index (χ4n) is 1.06. The van der Waals surface area contributed by atoms with Crippen molar-refractivity contribution in [1.82, 2.24) is 5.32 Å². The number of amides is 2. The second-order valence-corrected chi connectivity index (χ2v) is 3.82. The molecule has 90 valence electrons. The van der Waals surface area contributed by atoms with Gasteiger partial charge < -0.3 is 14.5 Å². The molecule has 0 saturated carbocycles. The van der Waals surface area contributed by atoms with Crippen LogP contribution in [-0.2, 0) is 4.74 Å². The lowest BCUT2D eigenvalue weighted by molar-refractivity contribution is 0.145. The molecule has 0 aliphatic rings. The van der Waals surface area contributed by atoms with Crippen molar-refractivity contribution in [3.63, 3.8) is 0 Å². The maximum absolute atomic E-state index is 11.3. The molecule has 1 heterocycles. The summed E-state index contributed by atoms with van der Waals surface area (Å²) in [6.45, 7) is 3.87. The fraction of sp³-hybridized carbons (Fsp3) is 0.500. The number of hydrogen-bond donors (Lipinski definition) is 2. The van der Waals surface area contributed by atoms with E-state index in [9.17, 15) is 4.79 Å². The van der Waals surface area contributed by atoms with Crippen LogP contribution in [0.5, 0.6) is 0 Å². The predicted octanol–water partition coefficient (Wildman–Crippen LogP) is 2.59. The van der Waals surface area contributed by atoms with Crippen LogP contribution >= 0.6 is 15.9 Å². The molecule has 1 rings (SSSR count). The van der Waals surface area contributed by atoms with Crippen LogP contribution in [-0.4, -0.2) is 25.8 Å². The number of hydrogen-bond acceptors (Lipinski definition) is 3. The zero-order valence-electron chi connectivity index (χ0n) is 9.09. The van der Waals surface area contributed by atoms with E-state index in [1.54, 1.807) is 12.1 Å². The van der Waals surface area contributed by atoms with Crippen LogP contribution in [0, 0.1) is 0 Å². The van der Waals surface area contributed by atoms with Gasteiger partial charge in [0.15, 0.2) is 4.67 Å². The van der Waals surface area contributed by atoms with Gasteiger partial charge in [0, 0.05) is 25.8 Å². The molecule has 0 aliphatic heterocycles. The molecule has 16 heavy (non-hydrogen) atoms. The third kappa shape index (κ3) is 5.18. The maximum atomic E-state index is 11.3. The zero-order chi connectivity index (χ0) is 11.8. The number of anilines is 1. The standard InChI is InChI=1S/C10H15BrN2O3/c1-2-15-7-3-6-12-10(14)13-9-5-4-8(11)16-9/h4-5H,2-3,6-7H2,1H3,(H2,12,13,14). The van der Waals surface area contributed by atoms with Crippen LogP contribution < -0.4 is 10.6 Å². The molecule has 0 radical (unpaired) electrons. The fourth-order valence-corrected chi connectivity index (χ4v) is 1.36. The summed E-state index contributed by atoms with van der Waals surface area (Å²) in [5.74, 6) is 0.411. The minimum absolute atomic E-state index is 0.279. The molecule has 0 bridgehead atoms. The Hall–Kier alpha value is -1.01. The molecule has 5 nitrogen and oxygen atoms in total. The molecule has 1 aromatic heterocycles. The van der Waals surface area contributed by atoms with Gasteiger partial charge in [-0.1, -0.05) is 0 Å². The van der Waals surface area contributed by atoms with Crippen LogP contribution in [0.25, 0.3) is 0 Å². The van der Waals surface area contributed by atoms with E-state index in [1.165, 1.54) is 0 Å². The van der Waals surface area contributed by atoms with Crippen LogP contribution in [0.4, 0.5) is 10.7 Å². The lowest BCUT2D eigenvalue weighted by Crippen LogP contribution is -2.29. The average Bonchev–Trinajstić information content (AvgIpc) is 2.63. The highest BCUT2D eigenvalue weighted by Gasteiger charge is 2.03. The molecule has 0 saturated heterocycles. The second-order valence-electron chi connectivity index (χ2n) is 3.04. The first-order valence-corrected chi connectivity index (χ1v) is 5.89. The number of ether oxygens (including phenoxy) is 1. The van der Waals surface area contributed by atoms with E-state index in [2.05, 4.69) is 26.6 Å². The van der Waals surface area contributed by atoms with Crippen LogP contribution in [0.15, 0.2) is 21.2 Å². The Kier molecular flexibility index (Phi) is 5.95. The van der Waals surface area contributed by atoms with Gasteiger partial charge in [0.05, 0.1) is 0 Å². The van der Waals surface area contributed by atoms with Crippen molar-refractivity contribution in [3.05, 3.63) is 16.8 Å². The van der Waals surface area contributed by atoms with Crippen LogP contribution in [0.3, 0.4) is 0 Å². The summed E-state index contributed by atoms with van der Waals surface area (Å²) in [4.78, 5) is 11.3. The van der Waals surface area contributed by atoms with Gasteiger partial charge in [0.1, 0.15) is 0 Å². The van der Waals surface area contributed by atoms with E-state index in [-0.39, 0.29) is 6.03 Å². The number of furan rings is 1. The van der Waals surface area contributed by atoms with Crippen LogP contribution in [0.1, 0.15) is 13.3 Å².